The molecule has 0 bridgehead atoms. The predicted molar refractivity (Wildman–Crippen MR) is 140 cm³/mol. The van der Waals surface area contributed by atoms with E-state index in [1.807, 2.05) is 0 Å². The van der Waals surface area contributed by atoms with Gasteiger partial charge in [-0.1, -0.05) is 97.3 Å². The molecule has 0 radical (unpaired) electrons. The minimum atomic E-state index is -1.33. The Morgan fingerprint density at radius 3 is 1.42 bits per heavy atom. The van der Waals surface area contributed by atoms with Crippen LogP contribution in [-0.2, 0) is 14.3 Å². The Hall–Kier alpha value is -1.22. The molecule has 214 valence electrons. The van der Waals surface area contributed by atoms with Crippen molar-refractivity contribution < 1.29 is 39.9 Å². The Balaban J connectivity index is 4.00. The Bertz CT molecular complexity index is 540. The van der Waals surface area contributed by atoms with Crippen LogP contribution >= 0.6 is 0 Å². The van der Waals surface area contributed by atoms with E-state index in [0.717, 1.165) is 25.2 Å². The number of aliphatic hydroxyl groups is 4. The molecular formula is C28H54O8. The van der Waals surface area contributed by atoms with Gasteiger partial charge in [-0.05, 0) is 25.2 Å². The lowest BCUT2D eigenvalue weighted by molar-refractivity contribution is -0.161. The van der Waals surface area contributed by atoms with Crippen molar-refractivity contribution in [1.82, 2.24) is 0 Å². The molecule has 36 heavy (non-hydrogen) atoms. The summed E-state index contributed by atoms with van der Waals surface area (Å²) in [4.78, 5) is 24.2. The Kier molecular flexibility index (Phi) is 22.2. The molecule has 0 fully saturated rings. The van der Waals surface area contributed by atoms with Crippen molar-refractivity contribution in [2.75, 3.05) is 19.8 Å². The predicted octanol–water partition coefficient (Wildman–Crippen LogP) is 4.45. The van der Waals surface area contributed by atoms with Crippen LogP contribution in [-0.4, -0.2) is 69.5 Å². The van der Waals surface area contributed by atoms with Crippen LogP contribution in [0, 0.1) is 17.8 Å². The average Bonchev–Trinajstić information content (AvgIpc) is 2.84. The van der Waals surface area contributed by atoms with E-state index >= 15 is 0 Å². The summed E-state index contributed by atoms with van der Waals surface area (Å²) in [5.74, 6) is -3.81. The van der Waals surface area contributed by atoms with Crippen LogP contribution in [0.2, 0.25) is 0 Å². The standard InChI is InChI=1S/C28H54O8/c1-22(2)16-14-12-10-8-6-4-3-5-7-9-11-13-15-17-36-28(35)26(19-24(32)21-30)25(27(33)34)18-23(31)20-29/h22-26,29-32H,3-21H2,1-2H3,(H,33,34). The number of carboxylic acids is 1. The topological polar surface area (TPSA) is 145 Å². The monoisotopic (exact) mass is 518 g/mol. The molecule has 0 saturated carbocycles. The summed E-state index contributed by atoms with van der Waals surface area (Å²) in [6, 6.07) is 0. The summed E-state index contributed by atoms with van der Waals surface area (Å²) in [5, 5.41) is 47.0. The van der Waals surface area contributed by atoms with Gasteiger partial charge in [-0.15, -0.1) is 0 Å². The van der Waals surface area contributed by atoms with Gasteiger partial charge in [0.2, 0.25) is 0 Å². The van der Waals surface area contributed by atoms with Crippen LogP contribution in [0.5, 0.6) is 0 Å². The minimum absolute atomic E-state index is 0.163. The van der Waals surface area contributed by atoms with Gasteiger partial charge in [-0.2, -0.15) is 0 Å². The zero-order valence-electron chi connectivity index (χ0n) is 22.8. The van der Waals surface area contributed by atoms with Crippen molar-refractivity contribution >= 4 is 11.9 Å². The number of ether oxygens (including phenoxy) is 1. The van der Waals surface area contributed by atoms with Crippen LogP contribution in [0.4, 0.5) is 0 Å². The summed E-state index contributed by atoms with van der Waals surface area (Å²) < 4.78 is 5.28. The quantitative estimate of drug-likeness (QED) is 0.0880. The number of aliphatic hydroxyl groups excluding tert-OH is 4. The van der Waals surface area contributed by atoms with Crippen LogP contribution in [0.25, 0.3) is 0 Å². The second-order valence-electron chi connectivity index (χ2n) is 10.6. The fourth-order valence-corrected chi connectivity index (χ4v) is 4.48. The van der Waals surface area contributed by atoms with Gasteiger partial charge >= 0.3 is 11.9 Å². The molecule has 0 aromatic rings. The van der Waals surface area contributed by atoms with Crippen LogP contribution in [0.15, 0.2) is 0 Å². The molecular weight excluding hydrogens is 464 g/mol. The molecule has 0 amide bonds. The average molecular weight is 519 g/mol. The van der Waals surface area contributed by atoms with E-state index in [-0.39, 0.29) is 19.4 Å². The molecule has 0 aliphatic carbocycles. The summed E-state index contributed by atoms with van der Waals surface area (Å²) in [6.07, 6.45) is 13.8. The molecule has 4 atom stereocenters. The van der Waals surface area contributed by atoms with Gasteiger partial charge < -0.3 is 30.3 Å². The molecule has 0 heterocycles. The van der Waals surface area contributed by atoms with E-state index in [1.54, 1.807) is 0 Å². The number of aliphatic carboxylic acids is 1. The molecule has 0 aromatic heterocycles. The number of esters is 1. The van der Waals surface area contributed by atoms with Crippen molar-refractivity contribution in [2.45, 2.75) is 129 Å². The number of unbranched alkanes of at least 4 members (excludes halogenated alkanes) is 12. The van der Waals surface area contributed by atoms with Crippen LogP contribution < -0.4 is 0 Å². The third-order valence-corrected chi connectivity index (χ3v) is 6.75. The number of carbonyl (C=O) groups is 2. The lowest BCUT2D eigenvalue weighted by Crippen LogP contribution is -2.37. The van der Waals surface area contributed by atoms with Gasteiger partial charge in [-0.3, -0.25) is 9.59 Å². The van der Waals surface area contributed by atoms with E-state index in [4.69, 9.17) is 14.9 Å². The molecule has 8 heteroatoms. The van der Waals surface area contributed by atoms with Gasteiger partial charge in [-0.25, -0.2) is 0 Å². The van der Waals surface area contributed by atoms with Gasteiger partial charge in [0, 0.05) is 0 Å². The zero-order valence-corrected chi connectivity index (χ0v) is 22.8. The smallest absolute Gasteiger partial charge is 0.309 e. The van der Waals surface area contributed by atoms with Crippen molar-refractivity contribution in [1.29, 1.82) is 0 Å². The fourth-order valence-electron chi connectivity index (χ4n) is 4.48. The fraction of sp³-hybridized carbons (Fsp3) is 0.929. The first kappa shape index (κ1) is 34.8. The number of carboxylic acid groups (broad SMARTS) is 1. The molecule has 0 aromatic carbocycles. The summed E-state index contributed by atoms with van der Waals surface area (Å²) in [7, 11) is 0. The molecule has 4 unspecified atom stereocenters. The highest BCUT2D eigenvalue weighted by atomic mass is 16.5. The third-order valence-electron chi connectivity index (χ3n) is 6.75. The summed E-state index contributed by atoms with van der Waals surface area (Å²) in [6.45, 7) is 3.49. The second kappa shape index (κ2) is 22.9. The minimum Gasteiger partial charge on any atom is -0.481 e. The number of carbonyl (C=O) groups excluding carboxylic acids is 1. The van der Waals surface area contributed by atoms with Crippen molar-refractivity contribution in [3.8, 4) is 0 Å². The summed E-state index contributed by atoms with van der Waals surface area (Å²) >= 11 is 0. The van der Waals surface area contributed by atoms with Crippen molar-refractivity contribution in [3.63, 3.8) is 0 Å². The van der Waals surface area contributed by atoms with E-state index in [1.165, 1.54) is 64.2 Å². The summed E-state index contributed by atoms with van der Waals surface area (Å²) in [5.41, 5.74) is 0. The Morgan fingerprint density at radius 2 is 1.03 bits per heavy atom. The number of hydrogen-bond donors (Lipinski definition) is 5. The van der Waals surface area contributed by atoms with Crippen LogP contribution in [0.3, 0.4) is 0 Å². The first-order chi connectivity index (χ1) is 17.2. The maximum atomic E-state index is 12.5. The normalized spacial score (nSPS) is 15.0. The third kappa shape index (κ3) is 19.0. The molecule has 0 rings (SSSR count). The van der Waals surface area contributed by atoms with Crippen molar-refractivity contribution in [2.24, 2.45) is 17.8 Å². The molecule has 0 aliphatic rings. The Morgan fingerprint density at radius 1 is 0.639 bits per heavy atom. The SMILES string of the molecule is CC(C)CCCCCCCCCCCCCCCOC(=O)C(CC(O)CO)C(CC(O)CO)C(=O)O. The largest absolute Gasteiger partial charge is 0.481 e. The second-order valence-corrected chi connectivity index (χ2v) is 10.6. The highest BCUT2D eigenvalue weighted by Crippen LogP contribution is 2.25. The zero-order chi connectivity index (χ0) is 27.2. The van der Waals surface area contributed by atoms with Crippen LogP contribution in [0.1, 0.15) is 117 Å². The maximum Gasteiger partial charge on any atom is 0.309 e. The van der Waals surface area contributed by atoms with E-state index < -0.39 is 49.2 Å². The number of hydrogen-bond acceptors (Lipinski definition) is 7. The molecule has 8 nitrogen and oxygen atoms in total. The van der Waals surface area contributed by atoms with Crippen molar-refractivity contribution in [3.05, 3.63) is 0 Å². The molecule has 0 saturated heterocycles. The molecule has 5 N–H and O–H groups in total. The maximum absolute atomic E-state index is 12.5. The highest BCUT2D eigenvalue weighted by Gasteiger charge is 2.37. The first-order valence-electron chi connectivity index (χ1n) is 14.2. The highest BCUT2D eigenvalue weighted by molar-refractivity contribution is 5.81. The lowest BCUT2D eigenvalue weighted by atomic mass is 9.83. The number of rotatable bonds is 25. The van der Waals surface area contributed by atoms with Gasteiger partial charge in [0.1, 0.15) is 0 Å². The van der Waals surface area contributed by atoms with E-state index in [2.05, 4.69) is 13.8 Å². The van der Waals surface area contributed by atoms with Gasteiger partial charge in [0.05, 0.1) is 43.9 Å². The van der Waals surface area contributed by atoms with Gasteiger partial charge in [0.25, 0.3) is 0 Å². The Labute approximate surface area is 218 Å². The molecule has 0 aliphatic heterocycles. The van der Waals surface area contributed by atoms with E-state index in [9.17, 15) is 24.9 Å². The van der Waals surface area contributed by atoms with Gasteiger partial charge in [0.15, 0.2) is 0 Å². The molecule has 0 spiro atoms. The lowest BCUT2D eigenvalue weighted by Gasteiger charge is -2.25. The first-order valence-corrected chi connectivity index (χ1v) is 14.2. The van der Waals surface area contributed by atoms with E-state index in [0.29, 0.717) is 6.42 Å².